The Bertz CT molecular complexity index is 208. The van der Waals surface area contributed by atoms with Crippen LogP contribution in [0.4, 0.5) is 0 Å². The SMILES string of the molecule is CCO[Si](C)(CCCNC(=O)COC)OCC. The molecule has 5 nitrogen and oxygen atoms in total. The predicted octanol–water partition coefficient (Wildman–Crippen LogP) is 1.28. The highest BCUT2D eigenvalue weighted by Crippen LogP contribution is 2.15. The summed E-state index contributed by atoms with van der Waals surface area (Å²) in [6, 6.07) is 0.891. The predicted molar refractivity (Wildman–Crippen MR) is 69.2 cm³/mol. The maximum atomic E-state index is 11.1. The van der Waals surface area contributed by atoms with Crippen molar-refractivity contribution in [1.82, 2.24) is 5.32 Å². The lowest BCUT2D eigenvalue weighted by Gasteiger charge is -2.25. The Morgan fingerprint density at radius 1 is 1.24 bits per heavy atom. The first-order valence-corrected chi connectivity index (χ1v) is 8.64. The Balaban J connectivity index is 3.78. The molecule has 0 aromatic heterocycles. The second-order valence-electron chi connectivity index (χ2n) is 3.89. The van der Waals surface area contributed by atoms with Gasteiger partial charge in [-0.3, -0.25) is 4.79 Å². The minimum atomic E-state index is -2.02. The standard InChI is InChI=1S/C11H25NO4Si/c1-5-15-17(4,16-6-2)9-7-8-12-11(13)10-14-3/h5-10H2,1-4H3,(H,12,13). The lowest BCUT2D eigenvalue weighted by molar-refractivity contribution is -0.124. The first-order chi connectivity index (χ1) is 8.08. The van der Waals surface area contributed by atoms with Crippen molar-refractivity contribution in [2.24, 2.45) is 0 Å². The average Bonchev–Trinajstić information content (AvgIpc) is 2.26. The zero-order chi connectivity index (χ0) is 13.1. The van der Waals surface area contributed by atoms with Crippen molar-refractivity contribution >= 4 is 14.5 Å². The molecule has 0 atom stereocenters. The van der Waals surface area contributed by atoms with E-state index in [0.29, 0.717) is 19.8 Å². The summed E-state index contributed by atoms with van der Waals surface area (Å²) in [5, 5.41) is 2.79. The van der Waals surface area contributed by atoms with Crippen molar-refractivity contribution < 1.29 is 18.4 Å². The monoisotopic (exact) mass is 263 g/mol. The zero-order valence-electron chi connectivity index (χ0n) is 11.4. The number of hydrogen-bond acceptors (Lipinski definition) is 4. The molecule has 0 unspecified atom stereocenters. The Morgan fingerprint density at radius 2 is 1.82 bits per heavy atom. The van der Waals surface area contributed by atoms with Crippen LogP contribution < -0.4 is 5.32 Å². The molecule has 0 aromatic carbocycles. The molecule has 0 saturated carbocycles. The molecule has 0 bridgehead atoms. The zero-order valence-corrected chi connectivity index (χ0v) is 12.4. The molecule has 0 saturated heterocycles. The smallest absolute Gasteiger partial charge is 0.334 e. The minimum absolute atomic E-state index is 0.0799. The topological polar surface area (TPSA) is 56.8 Å². The Kier molecular flexibility index (Phi) is 9.34. The van der Waals surface area contributed by atoms with E-state index in [4.69, 9.17) is 13.6 Å². The van der Waals surface area contributed by atoms with Gasteiger partial charge in [0.05, 0.1) is 0 Å². The van der Waals surface area contributed by atoms with Gasteiger partial charge in [0.25, 0.3) is 0 Å². The van der Waals surface area contributed by atoms with Crippen LogP contribution in [0.3, 0.4) is 0 Å². The maximum absolute atomic E-state index is 11.1. The van der Waals surface area contributed by atoms with E-state index in [9.17, 15) is 4.79 Å². The van der Waals surface area contributed by atoms with Crippen molar-refractivity contribution in [2.45, 2.75) is 32.9 Å². The fraction of sp³-hybridized carbons (Fsp3) is 0.909. The van der Waals surface area contributed by atoms with Crippen molar-refractivity contribution in [3.8, 4) is 0 Å². The van der Waals surface area contributed by atoms with Crippen molar-refractivity contribution in [1.29, 1.82) is 0 Å². The molecule has 1 amide bonds. The van der Waals surface area contributed by atoms with Crippen molar-refractivity contribution in [3.05, 3.63) is 0 Å². The normalized spacial score (nSPS) is 11.5. The molecule has 0 aliphatic rings. The Hall–Kier alpha value is -0.433. The molecule has 1 N–H and O–H groups in total. The molecule has 0 aromatic rings. The number of carbonyl (C=O) groups is 1. The fourth-order valence-corrected chi connectivity index (χ4v) is 4.03. The van der Waals surface area contributed by atoms with Gasteiger partial charge in [-0.15, -0.1) is 0 Å². The molecular weight excluding hydrogens is 238 g/mol. The van der Waals surface area contributed by atoms with E-state index in [1.54, 1.807) is 0 Å². The molecule has 0 rings (SSSR count). The van der Waals surface area contributed by atoms with Gasteiger partial charge in [-0.1, -0.05) is 0 Å². The Morgan fingerprint density at radius 3 is 2.29 bits per heavy atom. The second kappa shape index (κ2) is 9.58. The average molecular weight is 263 g/mol. The fourth-order valence-electron chi connectivity index (χ4n) is 1.62. The third kappa shape index (κ3) is 8.31. The highest BCUT2D eigenvalue weighted by atomic mass is 28.4. The quantitative estimate of drug-likeness (QED) is 0.476. The molecule has 0 radical (unpaired) electrons. The van der Waals surface area contributed by atoms with E-state index in [2.05, 4.69) is 11.9 Å². The van der Waals surface area contributed by atoms with Gasteiger partial charge in [0, 0.05) is 26.9 Å². The van der Waals surface area contributed by atoms with Crippen LogP contribution in [0.5, 0.6) is 0 Å². The van der Waals surface area contributed by atoms with Gasteiger partial charge in [0.15, 0.2) is 0 Å². The summed E-state index contributed by atoms with van der Waals surface area (Å²) in [5.74, 6) is -0.0799. The molecule has 0 fully saturated rings. The summed E-state index contributed by atoms with van der Waals surface area (Å²) in [6.07, 6.45) is 0.873. The lowest BCUT2D eigenvalue weighted by atomic mass is 10.4. The molecule has 0 spiro atoms. The molecule has 6 heteroatoms. The molecule has 102 valence electrons. The molecule has 0 heterocycles. The summed E-state index contributed by atoms with van der Waals surface area (Å²) >= 11 is 0. The summed E-state index contributed by atoms with van der Waals surface area (Å²) in [6.45, 7) is 8.14. The van der Waals surface area contributed by atoms with Gasteiger partial charge in [-0.05, 0) is 32.9 Å². The molecule has 0 aliphatic carbocycles. The minimum Gasteiger partial charge on any atom is -0.395 e. The summed E-state index contributed by atoms with van der Waals surface area (Å²) in [5.41, 5.74) is 0. The number of carbonyl (C=O) groups excluding carboxylic acids is 1. The van der Waals surface area contributed by atoms with Gasteiger partial charge >= 0.3 is 8.56 Å². The lowest BCUT2D eigenvalue weighted by Crippen LogP contribution is -2.39. The van der Waals surface area contributed by atoms with E-state index in [-0.39, 0.29) is 12.5 Å². The summed E-state index contributed by atoms with van der Waals surface area (Å²) in [4.78, 5) is 11.1. The highest BCUT2D eigenvalue weighted by molar-refractivity contribution is 6.66. The number of amides is 1. The van der Waals surface area contributed by atoms with Gasteiger partial charge in [-0.2, -0.15) is 0 Å². The number of ether oxygens (including phenoxy) is 1. The number of rotatable bonds is 10. The molecular formula is C11H25NO4Si. The van der Waals surface area contributed by atoms with Crippen molar-refractivity contribution in [2.75, 3.05) is 33.5 Å². The van der Waals surface area contributed by atoms with Crippen LogP contribution >= 0.6 is 0 Å². The van der Waals surface area contributed by atoms with Gasteiger partial charge in [-0.25, -0.2) is 0 Å². The van der Waals surface area contributed by atoms with Crippen LogP contribution in [-0.2, 0) is 18.4 Å². The van der Waals surface area contributed by atoms with Gasteiger partial charge in [0.2, 0.25) is 5.91 Å². The number of methoxy groups -OCH3 is 1. The largest absolute Gasteiger partial charge is 0.395 e. The van der Waals surface area contributed by atoms with E-state index < -0.39 is 8.56 Å². The maximum Gasteiger partial charge on any atom is 0.334 e. The van der Waals surface area contributed by atoms with Crippen molar-refractivity contribution in [3.63, 3.8) is 0 Å². The van der Waals surface area contributed by atoms with Gasteiger partial charge in [0.1, 0.15) is 6.61 Å². The van der Waals surface area contributed by atoms with Crippen LogP contribution in [0.1, 0.15) is 20.3 Å². The number of nitrogens with one attached hydrogen (secondary N) is 1. The second-order valence-corrected chi connectivity index (χ2v) is 7.23. The number of hydrogen-bond donors (Lipinski definition) is 1. The van der Waals surface area contributed by atoms with Crippen LogP contribution in [0, 0.1) is 0 Å². The Labute approximate surface area is 105 Å². The van der Waals surface area contributed by atoms with E-state index in [1.165, 1.54) is 7.11 Å². The van der Waals surface area contributed by atoms with Gasteiger partial charge < -0.3 is 18.9 Å². The third-order valence-electron chi connectivity index (χ3n) is 2.30. The summed E-state index contributed by atoms with van der Waals surface area (Å²) < 4.78 is 16.1. The van der Waals surface area contributed by atoms with Crippen LogP contribution in [-0.4, -0.2) is 47.9 Å². The molecule has 0 aliphatic heterocycles. The first-order valence-electron chi connectivity index (χ1n) is 6.11. The van der Waals surface area contributed by atoms with Crippen LogP contribution in [0.25, 0.3) is 0 Å². The first kappa shape index (κ1) is 16.6. The highest BCUT2D eigenvalue weighted by Gasteiger charge is 2.29. The van der Waals surface area contributed by atoms with E-state index in [1.807, 2.05) is 13.8 Å². The summed E-state index contributed by atoms with van der Waals surface area (Å²) in [7, 11) is -0.515. The van der Waals surface area contributed by atoms with Crippen LogP contribution in [0.2, 0.25) is 12.6 Å². The van der Waals surface area contributed by atoms with E-state index in [0.717, 1.165) is 12.5 Å². The molecule has 17 heavy (non-hydrogen) atoms. The third-order valence-corrected chi connectivity index (χ3v) is 5.37. The van der Waals surface area contributed by atoms with Crippen LogP contribution in [0.15, 0.2) is 0 Å². The van der Waals surface area contributed by atoms with E-state index >= 15 is 0 Å².